The molecule has 0 unspecified atom stereocenters. The van der Waals surface area contributed by atoms with Gasteiger partial charge >= 0.3 is 0 Å². The summed E-state index contributed by atoms with van der Waals surface area (Å²) in [6.07, 6.45) is 8.27. The Bertz CT molecular complexity index is 308. The van der Waals surface area contributed by atoms with E-state index in [2.05, 4.69) is 4.98 Å². The first-order valence-corrected chi connectivity index (χ1v) is 5.62. The van der Waals surface area contributed by atoms with Gasteiger partial charge in [0.15, 0.2) is 0 Å². The predicted octanol–water partition coefficient (Wildman–Crippen LogP) is 2.02. The van der Waals surface area contributed by atoms with Gasteiger partial charge in [0.25, 0.3) is 0 Å². The second-order valence-electron chi connectivity index (χ2n) is 4.17. The number of nitrogens with two attached hydrogens (primary N) is 1. The minimum atomic E-state index is 0.804. The zero-order valence-electron chi connectivity index (χ0n) is 8.98. The number of pyridine rings is 1. The SMILES string of the molecule is Nc1ccncc1CCC1CCOCC1. The van der Waals surface area contributed by atoms with Gasteiger partial charge in [-0.3, -0.25) is 4.98 Å². The molecule has 1 aromatic rings. The van der Waals surface area contributed by atoms with Gasteiger partial charge in [0.1, 0.15) is 0 Å². The summed E-state index contributed by atoms with van der Waals surface area (Å²) in [5, 5.41) is 0. The molecule has 0 saturated carbocycles. The molecule has 0 atom stereocenters. The number of aromatic nitrogens is 1. The highest BCUT2D eigenvalue weighted by Gasteiger charge is 2.13. The molecular weight excluding hydrogens is 188 g/mol. The van der Waals surface area contributed by atoms with Crippen LogP contribution in [0.15, 0.2) is 18.5 Å². The van der Waals surface area contributed by atoms with Gasteiger partial charge in [-0.05, 0) is 43.2 Å². The van der Waals surface area contributed by atoms with Gasteiger partial charge in [-0.1, -0.05) is 0 Å². The summed E-state index contributed by atoms with van der Waals surface area (Å²) in [5.41, 5.74) is 7.93. The molecule has 0 aliphatic carbocycles. The standard InChI is InChI=1S/C12H18N2O/c13-12-3-6-14-9-11(12)2-1-10-4-7-15-8-5-10/h3,6,9-10H,1-2,4-5,7-8H2,(H2,13,14). The highest BCUT2D eigenvalue weighted by Crippen LogP contribution is 2.22. The highest BCUT2D eigenvalue weighted by molar-refractivity contribution is 5.44. The number of nitrogen functional groups attached to an aromatic ring is 1. The Morgan fingerprint density at radius 2 is 2.20 bits per heavy atom. The molecule has 3 nitrogen and oxygen atoms in total. The molecule has 15 heavy (non-hydrogen) atoms. The first-order chi connectivity index (χ1) is 7.36. The van der Waals surface area contributed by atoms with Crippen molar-refractivity contribution in [2.75, 3.05) is 18.9 Å². The van der Waals surface area contributed by atoms with Crippen molar-refractivity contribution < 1.29 is 4.74 Å². The molecule has 3 heteroatoms. The van der Waals surface area contributed by atoms with Crippen LogP contribution in [0.2, 0.25) is 0 Å². The van der Waals surface area contributed by atoms with Crippen LogP contribution in [0.4, 0.5) is 5.69 Å². The van der Waals surface area contributed by atoms with Crippen molar-refractivity contribution in [2.45, 2.75) is 25.7 Å². The van der Waals surface area contributed by atoms with Crippen LogP contribution in [-0.4, -0.2) is 18.2 Å². The normalized spacial score (nSPS) is 17.9. The number of aryl methyl sites for hydroxylation is 1. The van der Waals surface area contributed by atoms with Gasteiger partial charge in [0, 0.05) is 31.3 Å². The summed E-state index contributed by atoms with van der Waals surface area (Å²) < 4.78 is 5.34. The fourth-order valence-electron chi connectivity index (χ4n) is 2.04. The van der Waals surface area contributed by atoms with Gasteiger partial charge < -0.3 is 10.5 Å². The van der Waals surface area contributed by atoms with Gasteiger partial charge in [-0.15, -0.1) is 0 Å². The van der Waals surface area contributed by atoms with Crippen molar-refractivity contribution in [1.29, 1.82) is 0 Å². The summed E-state index contributed by atoms with van der Waals surface area (Å²) >= 11 is 0. The number of hydrogen-bond donors (Lipinski definition) is 1. The van der Waals surface area contributed by atoms with Crippen LogP contribution in [-0.2, 0) is 11.2 Å². The maximum atomic E-state index is 5.87. The number of ether oxygens (including phenoxy) is 1. The van der Waals surface area contributed by atoms with E-state index in [4.69, 9.17) is 10.5 Å². The number of nitrogens with zero attached hydrogens (tertiary/aromatic N) is 1. The number of anilines is 1. The first kappa shape index (κ1) is 10.4. The van der Waals surface area contributed by atoms with Crippen LogP contribution in [0, 0.1) is 5.92 Å². The average Bonchev–Trinajstić information content (AvgIpc) is 2.29. The Hall–Kier alpha value is -1.09. The smallest absolute Gasteiger partial charge is 0.0468 e. The molecule has 1 saturated heterocycles. The molecule has 0 amide bonds. The minimum Gasteiger partial charge on any atom is -0.398 e. The van der Waals surface area contributed by atoms with Gasteiger partial charge in [-0.25, -0.2) is 0 Å². The van der Waals surface area contributed by atoms with E-state index < -0.39 is 0 Å². The average molecular weight is 206 g/mol. The zero-order chi connectivity index (χ0) is 10.5. The molecule has 2 N–H and O–H groups in total. The van der Waals surface area contributed by atoms with Crippen molar-refractivity contribution >= 4 is 5.69 Å². The third kappa shape index (κ3) is 2.93. The van der Waals surface area contributed by atoms with Crippen LogP contribution in [0.1, 0.15) is 24.8 Å². The van der Waals surface area contributed by atoms with Crippen molar-refractivity contribution in [3.63, 3.8) is 0 Å². The van der Waals surface area contributed by atoms with Crippen molar-refractivity contribution in [3.8, 4) is 0 Å². The van der Waals surface area contributed by atoms with E-state index in [9.17, 15) is 0 Å². The van der Waals surface area contributed by atoms with Crippen LogP contribution >= 0.6 is 0 Å². The second-order valence-corrected chi connectivity index (χ2v) is 4.17. The van der Waals surface area contributed by atoms with Crippen molar-refractivity contribution in [3.05, 3.63) is 24.0 Å². The second kappa shape index (κ2) is 5.12. The third-order valence-corrected chi connectivity index (χ3v) is 3.10. The molecule has 0 radical (unpaired) electrons. The zero-order valence-corrected chi connectivity index (χ0v) is 8.98. The lowest BCUT2D eigenvalue weighted by Gasteiger charge is -2.21. The van der Waals surface area contributed by atoms with Gasteiger partial charge in [0.05, 0.1) is 0 Å². The molecule has 0 bridgehead atoms. The lowest BCUT2D eigenvalue weighted by Crippen LogP contribution is -2.16. The van der Waals surface area contributed by atoms with Crippen molar-refractivity contribution in [2.24, 2.45) is 5.92 Å². The van der Waals surface area contributed by atoms with Gasteiger partial charge in [-0.2, -0.15) is 0 Å². The molecule has 1 aliphatic heterocycles. The maximum Gasteiger partial charge on any atom is 0.0468 e. The summed E-state index contributed by atoms with van der Waals surface area (Å²) in [6, 6.07) is 1.87. The van der Waals surface area contributed by atoms with E-state index in [1.165, 1.54) is 24.8 Å². The molecule has 1 aromatic heterocycles. The monoisotopic (exact) mass is 206 g/mol. The summed E-state index contributed by atoms with van der Waals surface area (Å²) in [6.45, 7) is 1.85. The quantitative estimate of drug-likeness (QED) is 0.823. The molecule has 82 valence electrons. The lowest BCUT2D eigenvalue weighted by atomic mass is 9.93. The van der Waals surface area contributed by atoms with E-state index in [1.807, 2.05) is 12.3 Å². The van der Waals surface area contributed by atoms with Crippen LogP contribution < -0.4 is 5.73 Å². The van der Waals surface area contributed by atoms with E-state index in [-0.39, 0.29) is 0 Å². The van der Waals surface area contributed by atoms with Crippen LogP contribution in [0.25, 0.3) is 0 Å². The predicted molar refractivity (Wildman–Crippen MR) is 60.5 cm³/mol. The Morgan fingerprint density at radius 3 is 2.93 bits per heavy atom. The van der Waals surface area contributed by atoms with E-state index >= 15 is 0 Å². The largest absolute Gasteiger partial charge is 0.398 e. The topological polar surface area (TPSA) is 48.1 Å². The Kier molecular flexibility index (Phi) is 3.56. The van der Waals surface area contributed by atoms with E-state index in [0.29, 0.717) is 0 Å². The van der Waals surface area contributed by atoms with Crippen LogP contribution in [0.3, 0.4) is 0 Å². The lowest BCUT2D eigenvalue weighted by molar-refractivity contribution is 0.0640. The molecular formula is C12H18N2O. The molecule has 0 aromatic carbocycles. The molecule has 2 heterocycles. The molecule has 1 fully saturated rings. The molecule has 0 spiro atoms. The fraction of sp³-hybridized carbons (Fsp3) is 0.583. The minimum absolute atomic E-state index is 0.804. The number of hydrogen-bond acceptors (Lipinski definition) is 3. The van der Waals surface area contributed by atoms with E-state index in [1.54, 1.807) is 6.20 Å². The Labute approximate surface area is 90.7 Å². The molecule has 1 aliphatic rings. The van der Waals surface area contributed by atoms with E-state index in [0.717, 1.165) is 31.2 Å². The number of rotatable bonds is 3. The maximum absolute atomic E-state index is 5.87. The van der Waals surface area contributed by atoms with Crippen LogP contribution in [0.5, 0.6) is 0 Å². The summed E-state index contributed by atoms with van der Waals surface area (Å²) in [7, 11) is 0. The first-order valence-electron chi connectivity index (χ1n) is 5.62. The third-order valence-electron chi connectivity index (χ3n) is 3.10. The van der Waals surface area contributed by atoms with Gasteiger partial charge in [0.2, 0.25) is 0 Å². The Morgan fingerprint density at radius 1 is 1.40 bits per heavy atom. The fourth-order valence-corrected chi connectivity index (χ4v) is 2.04. The van der Waals surface area contributed by atoms with Crippen molar-refractivity contribution in [1.82, 2.24) is 4.98 Å². The summed E-state index contributed by atoms with van der Waals surface area (Å²) in [4.78, 5) is 4.10. The summed E-state index contributed by atoms with van der Waals surface area (Å²) in [5.74, 6) is 0.804. The highest BCUT2D eigenvalue weighted by atomic mass is 16.5. The Balaban J connectivity index is 1.84. The molecule has 2 rings (SSSR count).